The number of fused-ring (bicyclic) bond motifs is 2. The van der Waals surface area contributed by atoms with Gasteiger partial charge in [-0.25, -0.2) is 10.0 Å². The van der Waals surface area contributed by atoms with E-state index in [4.69, 9.17) is 4.99 Å². The second-order valence-electron chi connectivity index (χ2n) is 5.18. The van der Waals surface area contributed by atoms with Crippen LogP contribution >= 0.6 is 11.3 Å². The van der Waals surface area contributed by atoms with Gasteiger partial charge in [0.15, 0.2) is 5.84 Å². The van der Waals surface area contributed by atoms with Gasteiger partial charge in [-0.05, 0) is 25.1 Å². The highest BCUT2D eigenvalue weighted by atomic mass is 32.1. The van der Waals surface area contributed by atoms with Gasteiger partial charge in [0.2, 0.25) is 0 Å². The second kappa shape index (κ2) is 4.33. The molecule has 1 aromatic heterocycles. The molecule has 102 valence electrons. The van der Waals surface area contributed by atoms with Crippen LogP contribution < -0.4 is 5.32 Å². The Morgan fingerprint density at radius 1 is 1.25 bits per heavy atom. The Bertz CT molecular complexity index is 704. The molecule has 0 bridgehead atoms. The smallest absolute Gasteiger partial charge is 0.154 e. The molecule has 1 saturated heterocycles. The molecule has 0 radical (unpaired) electrons. The first-order valence-corrected chi connectivity index (χ1v) is 7.58. The first-order chi connectivity index (χ1) is 9.72. The first-order valence-electron chi connectivity index (χ1n) is 6.76. The molecule has 0 amide bonds. The van der Waals surface area contributed by atoms with Crippen molar-refractivity contribution in [2.75, 3.05) is 25.5 Å². The lowest BCUT2D eigenvalue weighted by Gasteiger charge is -2.43. The molecule has 2 aromatic rings. The third-order valence-electron chi connectivity index (χ3n) is 3.77. The maximum atomic E-state index is 4.91. The normalized spacial score (nSPS) is 17.5. The van der Waals surface area contributed by atoms with Crippen molar-refractivity contribution in [1.82, 2.24) is 10.0 Å². The zero-order valence-corrected chi connectivity index (χ0v) is 12.4. The number of thiophene rings is 1. The van der Waals surface area contributed by atoms with Crippen molar-refractivity contribution in [3.63, 3.8) is 0 Å². The van der Waals surface area contributed by atoms with Crippen LogP contribution in [0.2, 0.25) is 0 Å². The molecule has 0 aliphatic carbocycles. The summed E-state index contributed by atoms with van der Waals surface area (Å²) in [6.45, 7) is 4.27. The maximum absolute atomic E-state index is 4.91. The molecule has 0 unspecified atom stereocenters. The molecular weight excluding hydrogens is 268 g/mol. The highest BCUT2D eigenvalue weighted by Crippen LogP contribution is 2.39. The van der Waals surface area contributed by atoms with E-state index in [1.807, 2.05) is 12.1 Å². The molecule has 3 heterocycles. The van der Waals surface area contributed by atoms with E-state index in [-0.39, 0.29) is 0 Å². The van der Waals surface area contributed by atoms with E-state index in [1.54, 1.807) is 11.3 Å². The van der Waals surface area contributed by atoms with Gasteiger partial charge in [0.05, 0.1) is 23.5 Å². The third-order valence-corrected chi connectivity index (χ3v) is 4.73. The molecule has 0 saturated carbocycles. The van der Waals surface area contributed by atoms with Crippen molar-refractivity contribution in [3.05, 3.63) is 40.8 Å². The average molecular weight is 284 g/mol. The fourth-order valence-corrected chi connectivity index (χ4v) is 3.53. The van der Waals surface area contributed by atoms with Crippen LogP contribution in [0.3, 0.4) is 0 Å². The number of aliphatic imine (C=N–C) groups is 1. The lowest BCUT2D eigenvalue weighted by Crippen LogP contribution is -2.57. The fourth-order valence-electron chi connectivity index (χ4n) is 2.61. The molecule has 1 aromatic carbocycles. The summed E-state index contributed by atoms with van der Waals surface area (Å²) >= 11 is 1.79. The zero-order valence-electron chi connectivity index (χ0n) is 11.6. The molecule has 4 rings (SSSR count). The Kier molecular flexibility index (Phi) is 2.58. The van der Waals surface area contributed by atoms with E-state index in [9.17, 15) is 0 Å². The number of aryl methyl sites for hydroxylation is 1. The SMILES string of the molecule is Cc1cc2c(s1)Nc1ccccc1N=C2N1CCN1C. The largest absolute Gasteiger partial charge is 0.345 e. The molecule has 0 atom stereocenters. The van der Waals surface area contributed by atoms with Crippen molar-refractivity contribution >= 4 is 33.5 Å². The Morgan fingerprint density at radius 2 is 2.10 bits per heavy atom. The Labute approximate surface area is 122 Å². The predicted octanol–water partition coefficient (Wildman–Crippen LogP) is 3.35. The minimum Gasteiger partial charge on any atom is -0.345 e. The summed E-state index contributed by atoms with van der Waals surface area (Å²) in [6, 6.07) is 10.4. The van der Waals surface area contributed by atoms with E-state index in [2.05, 4.69) is 47.5 Å². The lowest BCUT2D eigenvalue weighted by molar-refractivity contribution is -0.0181. The van der Waals surface area contributed by atoms with Crippen LogP contribution in [0.25, 0.3) is 0 Å². The zero-order chi connectivity index (χ0) is 13.7. The number of likely N-dealkylation sites (N-methyl/N-ethyl adjacent to an activating group) is 1. The topological polar surface area (TPSA) is 30.9 Å². The molecule has 2 aliphatic rings. The lowest BCUT2D eigenvalue weighted by atomic mass is 10.2. The summed E-state index contributed by atoms with van der Waals surface area (Å²) in [7, 11) is 2.11. The standard InChI is InChI=1S/C15H16N4S/c1-10-9-11-14(19-8-7-18(19)2)16-12-5-3-4-6-13(12)17-15(11)20-10/h3-6,9,17H,7-8H2,1-2H3. The van der Waals surface area contributed by atoms with Gasteiger partial charge in [0.1, 0.15) is 5.00 Å². The van der Waals surface area contributed by atoms with Crippen LogP contribution in [0.5, 0.6) is 0 Å². The highest BCUT2D eigenvalue weighted by Gasteiger charge is 2.30. The number of nitrogens with one attached hydrogen (secondary N) is 1. The van der Waals surface area contributed by atoms with E-state index in [0.29, 0.717) is 0 Å². The van der Waals surface area contributed by atoms with Crippen molar-refractivity contribution in [1.29, 1.82) is 0 Å². The number of hydrazine groups is 1. The molecule has 20 heavy (non-hydrogen) atoms. The summed E-state index contributed by atoms with van der Waals surface area (Å²) < 4.78 is 0. The number of para-hydroxylation sites is 2. The van der Waals surface area contributed by atoms with E-state index in [0.717, 1.165) is 30.3 Å². The van der Waals surface area contributed by atoms with E-state index >= 15 is 0 Å². The van der Waals surface area contributed by atoms with Gasteiger partial charge in [-0.15, -0.1) is 11.3 Å². The molecule has 1 fully saturated rings. The first kappa shape index (κ1) is 11.9. The van der Waals surface area contributed by atoms with Gasteiger partial charge < -0.3 is 5.32 Å². The Morgan fingerprint density at radius 3 is 2.85 bits per heavy atom. The van der Waals surface area contributed by atoms with Gasteiger partial charge in [-0.3, -0.25) is 5.01 Å². The van der Waals surface area contributed by atoms with E-state index in [1.165, 1.54) is 15.4 Å². The number of nitrogens with zero attached hydrogens (tertiary/aromatic N) is 3. The third kappa shape index (κ3) is 1.74. The van der Waals surface area contributed by atoms with Gasteiger partial charge in [-0.2, -0.15) is 0 Å². The van der Waals surface area contributed by atoms with Crippen molar-refractivity contribution in [2.24, 2.45) is 4.99 Å². The maximum Gasteiger partial charge on any atom is 0.154 e. The molecular formula is C15H16N4S. The number of anilines is 2. The summed E-state index contributed by atoms with van der Waals surface area (Å²) in [5.74, 6) is 1.05. The minimum atomic E-state index is 1.00. The second-order valence-corrected chi connectivity index (χ2v) is 6.44. The summed E-state index contributed by atoms with van der Waals surface area (Å²) in [5.41, 5.74) is 3.29. The van der Waals surface area contributed by atoms with Crippen LogP contribution in [0.1, 0.15) is 10.4 Å². The number of hydrogen-bond donors (Lipinski definition) is 1. The van der Waals surface area contributed by atoms with Crippen molar-refractivity contribution < 1.29 is 0 Å². The number of hydrogen-bond acceptors (Lipinski definition) is 5. The number of rotatable bonds is 0. The highest BCUT2D eigenvalue weighted by molar-refractivity contribution is 7.16. The van der Waals surface area contributed by atoms with Gasteiger partial charge >= 0.3 is 0 Å². The summed E-state index contributed by atoms with van der Waals surface area (Å²) in [6.07, 6.45) is 0. The van der Waals surface area contributed by atoms with Gasteiger partial charge in [0, 0.05) is 18.5 Å². The minimum absolute atomic E-state index is 1.00. The van der Waals surface area contributed by atoms with Crippen LogP contribution in [-0.4, -0.2) is 36.0 Å². The van der Waals surface area contributed by atoms with E-state index < -0.39 is 0 Å². The molecule has 5 heteroatoms. The number of amidine groups is 1. The molecule has 2 aliphatic heterocycles. The average Bonchev–Trinajstić information content (AvgIpc) is 2.72. The van der Waals surface area contributed by atoms with Crippen molar-refractivity contribution in [3.8, 4) is 0 Å². The molecule has 0 spiro atoms. The Balaban J connectivity index is 1.91. The van der Waals surface area contributed by atoms with Crippen LogP contribution in [0.4, 0.5) is 16.4 Å². The predicted molar refractivity (Wildman–Crippen MR) is 84.3 cm³/mol. The molecule has 1 N–H and O–H groups in total. The summed E-state index contributed by atoms with van der Waals surface area (Å²) in [4.78, 5) is 6.21. The summed E-state index contributed by atoms with van der Waals surface area (Å²) in [5, 5.41) is 9.17. The van der Waals surface area contributed by atoms with Gasteiger partial charge in [-0.1, -0.05) is 12.1 Å². The molecule has 4 nitrogen and oxygen atoms in total. The monoisotopic (exact) mass is 284 g/mol. The Hall–Kier alpha value is -1.85. The quantitative estimate of drug-likeness (QED) is 0.805. The number of benzene rings is 1. The van der Waals surface area contributed by atoms with Crippen LogP contribution in [0, 0.1) is 6.92 Å². The van der Waals surface area contributed by atoms with Crippen LogP contribution in [-0.2, 0) is 0 Å². The van der Waals surface area contributed by atoms with Crippen LogP contribution in [0.15, 0.2) is 35.3 Å². The fraction of sp³-hybridized carbons (Fsp3) is 0.267. The van der Waals surface area contributed by atoms with Gasteiger partial charge in [0.25, 0.3) is 0 Å². The van der Waals surface area contributed by atoms with Crippen molar-refractivity contribution in [2.45, 2.75) is 6.92 Å².